The number of methoxy groups -OCH3 is 1. The molecule has 4 saturated carbocycles. The van der Waals surface area contributed by atoms with Crippen molar-refractivity contribution in [2.45, 2.75) is 160 Å². The molecule has 2 heterocycles. The normalized spacial score (nSPS) is 54.2. The van der Waals surface area contributed by atoms with Crippen LogP contribution in [0.1, 0.15) is 92.4 Å². The Hall–Kier alpha value is -1.80. The van der Waals surface area contributed by atoms with Crippen molar-refractivity contribution in [1.82, 2.24) is 0 Å². The molecule has 0 radical (unpaired) electrons. The minimum Gasteiger partial charge on any atom is -0.481 e. The highest BCUT2D eigenvalue weighted by molar-refractivity contribution is 5.80. The van der Waals surface area contributed by atoms with E-state index < -0.39 is 102 Å². The van der Waals surface area contributed by atoms with E-state index in [4.69, 9.17) is 23.7 Å². The van der Waals surface area contributed by atoms with Crippen molar-refractivity contribution in [1.29, 1.82) is 0 Å². The largest absolute Gasteiger partial charge is 0.481 e. The van der Waals surface area contributed by atoms with Crippen molar-refractivity contribution in [3.8, 4) is 0 Å². The van der Waals surface area contributed by atoms with Crippen LogP contribution in [0, 0.1) is 50.2 Å². The van der Waals surface area contributed by atoms with Crippen LogP contribution in [-0.4, -0.2) is 152 Å². The van der Waals surface area contributed by atoms with Crippen molar-refractivity contribution < 1.29 is 79.2 Å². The van der Waals surface area contributed by atoms with Crippen LogP contribution in [0.15, 0.2) is 11.6 Å². The van der Waals surface area contributed by atoms with Gasteiger partial charge in [0.25, 0.3) is 0 Å². The number of fused-ring (bicyclic) bond motifs is 7. The molecule has 2 saturated heterocycles. The third kappa shape index (κ3) is 6.29. The van der Waals surface area contributed by atoms with Gasteiger partial charge in [-0.3, -0.25) is 9.59 Å². The van der Waals surface area contributed by atoms with Gasteiger partial charge in [0.2, 0.25) is 0 Å². The minimum atomic E-state index is -1.73. The van der Waals surface area contributed by atoms with Gasteiger partial charge in [0.1, 0.15) is 42.7 Å². The number of allylic oxidation sites excluding steroid dienone is 2. The lowest BCUT2D eigenvalue weighted by molar-refractivity contribution is -0.357. The average Bonchev–Trinajstić information content (AvgIpc) is 3.18. The van der Waals surface area contributed by atoms with E-state index in [9.17, 15) is 55.5 Å². The number of aliphatic hydroxyl groups excluding tert-OH is 8. The molecule has 16 nitrogen and oxygen atoms in total. The van der Waals surface area contributed by atoms with E-state index in [1.165, 1.54) is 7.11 Å². The summed E-state index contributed by atoms with van der Waals surface area (Å²) in [6, 6.07) is 0. The van der Waals surface area contributed by atoms with Crippen LogP contribution in [0.4, 0.5) is 0 Å². The Bertz CT molecular complexity index is 1610. The van der Waals surface area contributed by atoms with Crippen molar-refractivity contribution in [2.24, 2.45) is 50.2 Å². The molecule has 20 atom stereocenters. The van der Waals surface area contributed by atoms with Gasteiger partial charge in [-0.15, -0.1) is 0 Å². The summed E-state index contributed by atoms with van der Waals surface area (Å²) in [5, 5.41) is 96.7. The Labute approximate surface area is 339 Å². The number of esters is 1. The molecular weight excluding hydrogens is 760 g/mol. The highest BCUT2D eigenvalue weighted by atomic mass is 16.7. The quantitative estimate of drug-likeness (QED) is 0.0923. The number of aliphatic carboxylic acids is 1. The Balaban J connectivity index is 1.11. The molecule has 2 aliphatic heterocycles. The van der Waals surface area contributed by atoms with E-state index in [1.54, 1.807) is 0 Å². The fourth-order valence-corrected chi connectivity index (χ4v) is 13.8. The standard InChI is InChI=1S/C42H66O16/c1-37(36(53)54-6)11-13-42(35(51)52)14-12-40(4)20(21(42)15-37)7-8-26-38(2)16-22(45)32(39(3,19-44)25(38)9-10-41(26,40)5)58-33-30(49)28(47)24(18-55-33)57-34-31(50)29(48)27(46)23(17-43)56-34/h7,21-34,43-50H,8-19H2,1-6H3,(H,51,52)/t21-,22+,23-,24-,25+,26-,27-,28+,29+,30-,31-,32-,33+,34+,37+,38-,39+,40-,41-,42+/m1/s1. The lowest BCUT2D eigenvalue weighted by atomic mass is 9.33. The van der Waals surface area contributed by atoms with Crippen LogP contribution in [0.5, 0.6) is 0 Å². The van der Waals surface area contributed by atoms with Gasteiger partial charge < -0.3 is 69.6 Å². The molecule has 0 spiro atoms. The topological polar surface area (TPSA) is 262 Å². The van der Waals surface area contributed by atoms with Gasteiger partial charge in [-0.05, 0) is 98.7 Å². The summed E-state index contributed by atoms with van der Waals surface area (Å²) in [4.78, 5) is 26.2. The average molecular weight is 827 g/mol. The Kier molecular flexibility index (Phi) is 11.6. The summed E-state index contributed by atoms with van der Waals surface area (Å²) in [6.45, 7) is 9.16. The van der Waals surface area contributed by atoms with Crippen molar-refractivity contribution >= 4 is 11.9 Å². The summed E-state index contributed by atoms with van der Waals surface area (Å²) in [5.74, 6) is -1.57. The smallest absolute Gasteiger partial charge is 0.311 e. The number of carbonyl (C=O) groups excluding carboxylic acids is 1. The minimum absolute atomic E-state index is 0.0422. The first kappa shape index (κ1) is 44.3. The van der Waals surface area contributed by atoms with Crippen molar-refractivity contribution in [2.75, 3.05) is 26.9 Å². The van der Waals surface area contributed by atoms with Crippen molar-refractivity contribution in [3.63, 3.8) is 0 Å². The SMILES string of the molecule is COC(=O)[C@@]1(C)CC[C@]2(C(=O)O)CC[C@]3(C)C(=CC[C@@H]4[C@]5(C)C[C@H](O)[C@@H](O[C@@H]6OC[C@@H](O[C@@H]7O[C@H](CO)[C@@H](O)[C@H](O)[C@H]7O)[C@H](O)[C@H]6O)[C@@](C)(CO)[C@H]5CC[C@]43C)[C@H]2C1. The first-order valence-electron chi connectivity index (χ1n) is 21.0. The number of hydrogen-bond donors (Lipinski definition) is 9. The van der Waals surface area contributed by atoms with E-state index in [0.717, 1.165) is 12.0 Å². The monoisotopic (exact) mass is 826 g/mol. The second-order valence-corrected chi connectivity index (χ2v) is 20.1. The summed E-state index contributed by atoms with van der Waals surface area (Å²) < 4.78 is 28.5. The molecule has 0 aromatic carbocycles. The molecule has 16 heteroatoms. The predicted molar refractivity (Wildman–Crippen MR) is 201 cm³/mol. The summed E-state index contributed by atoms with van der Waals surface area (Å²) in [6.07, 6.45) is -8.96. The van der Waals surface area contributed by atoms with Crippen LogP contribution in [0.2, 0.25) is 0 Å². The highest BCUT2D eigenvalue weighted by Gasteiger charge is 2.71. The van der Waals surface area contributed by atoms with Crippen LogP contribution in [0.25, 0.3) is 0 Å². The molecule has 0 bridgehead atoms. The molecule has 9 N–H and O–H groups in total. The van der Waals surface area contributed by atoms with Gasteiger partial charge in [0.15, 0.2) is 12.6 Å². The molecule has 0 aromatic heterocycles. The lowest BCUT2D eigenvalue weighted by Gasteiger charge is -2.71. The second kappa shape index (κ2) is 15.2. The van der Waals surface area contributed by atoms with E-state index in [1.807, 2.05) is 13.8 Å². The molecule has 0 unspecified atom stereocenters. The number of carboxylic acid groups (broad SMARTS) is 1. The number of hydrogen-bond acceptors (Lipinski definition) is 15. The first-order valence-corrected chi connectivity index (χ1v) is 21.0. The number of rotatable bonds is 8. The molecule has 0 amide bonds. The third-order valence-corrected chi connectivity index (χ3v) is 17.4. The van der Waals surface area contributed by atoms with E-state index in [-0.39, 0.29) is 47.8 Å². The highest BCUT2D eigenvalue weighted by Crippen LogP contribution is 2.76. The van der Waals surface area contributed by atoms with Gasteiger partial charge in [-0.25, -0.2) is 0 Å². The fourth-order valence-electron chi connectivity index (χ4n) is 13.8. The van der Waals surface area contributed by atoms with Crippen molar-refractivity contribution in [3.05, 3.63) is 11.6 Å². The Morgan fingerprint density at radius 2 is 1.48 bits per heavy atom. The van der Waals surface area contributed by atoms with Crippen LogP contribution >= 0.6 is 0 Å². The van der Waals surface area contributed by atoms with Crippen LogP contribution < -0.4 is 0 Å². The van der Waals surface area contributed by atoms with Crippen LogP contribution in [-0.2, 0) is 33.3 Å². The Morgan fingerprint density at radius 1 is 0.810 bits per heavy atom. The number of carbonyl (C=O) groups is 2. The molecule has 5 aliphatic carbocycles. The zero-order valence-electron chi connectivity index (χ0n) is 34.5. The number of aliphatic hydroxyl groups is 8. The van der Waals surface area contributed by atoms with Gasteiger partial charge in [0, 0.05) is 5.41 Å². The Morgan fingerprint density at radius 3 is 2.12 bits per heavy atom. The predicted octanol–water partition coefficient (Wildman–Crippen LogP) is 0.617. The van der Waals surface area contributed by atoms with Gasteiger partial charge in [-0.1, -0.05) is 39.3 Å². The zero-order valence-corrected chi connectivity index (χ0v) is 34.5. The summed E-state index contributed by atoms with van der Waals surface area (Å²) in [5.41, 5.74) is -2.86. The zero-order chi connectivity index (χ0) is 42.5. The lowest BCUT2D eigenvalue weighted by Crippen LogP contribution is -2.69. The molecule has 0 aromatic rings. The fraction of sp³-hybridized carbons (Fsp3) is 0.905. The molecule has 7 rings (SSSR count). The van der Waals surface area contributed by atoms with E-state index >= 15 is 0 Å². The maximum Gasteiger partial charge on any atom is 0.311 e. The van der Waals surface area contributed by atoms with Gasteiger partial charge in [0.05, 0.1) is 50.0 Å². The van der Waals surface area contributed by atoms with Gasteiger partial charge >= 0.3 is 11.9 Å². The molecular formula is C42H66O16. The van der Waals surface area contributed by atoms with E-state index in [0.29, 0.717) is 51.4 Å². The van der Waals surface area contributed by atoms with Crippen LogP contribution in [0.3, 0.4) is 0 Å². The maximum atomic E-state index is 13.2. The first-order chi connectivity index (χ1) is 27.1. The van der Waals surface area contributed by atoms with Gasteiger partial charge in [-0.2, -0.15) is 0 Å². The molecule has 58 heavy (non-hydrogen) atoms. The molecule has 6 fully saturated rings. The number of ether oxygens (including phenoxy) is 5. The summed E-state index contributed by atoms with van der Waals surface area (Å²) >= 11 is 0. The maximum absolute atomic E-state index is 13.2. The van der Waals surface area contributed by atoms with E-state index in [2.05, 4.69) is 26.8 Å². The molecule has 330 valence electrons. The summed E-state index contributed by atoms with van der Waals surface area (Å²) in [7, 11) is 1.38. The molecule has 7 aliphatic rings. The second-order valence-electron chi connectivity index (χ2n) is 20.1. The third-order valence-electron chi connectivity index (χ3n) is 17.4. The number of carboxylic acids is 1.